The minimum atomic E-state index is 0.310. The topological polar surface area (TPSA) is 23.5 Å². The predicted molar refractivity (Wildman–Crippen MR) is 58.0 cm³/mol. The highest BCUT2D eigenvalue weighted by Crippen LogP contribution is 2.01. The highest BCUT2D eigenvalue weighted by molar-refractivity contribution is 6.25. The van der Waals surface area contributed by atoms with Crippen LogP contribution in [0.5, 0.6) is 0 Å². The highest BCUT2D eigenvalue weighted by Gasteiger charge is 1.98. The Morgan fingerprint density at radius 1 is 1.38 bits per heavy atom. The molecular formula is C10H20ClNO. The van der Waals surface area contributed by atoms with E-state index in [-0.39, 0.29) is 0 Å². The third-order valence-electron chi connectivity index (χ3n) is 1.90. The number of nitrogens with zero attached hydrogens (tertiary/aromatic N) is 1. The molecule has 1 N–H and O–H groups in total. The zero-order valence-corrected chi connectivity index (χ0v) is 9.35. The van der Waals surface area contributed by atoms with Gasteiger partial charge in [0.2, 0.25) is 0 Å². The lowest BCUT2D eigenvalue weighted by atomic mass is 10.2. The lowest BCUT2D eigenvalue weighted by Crippen LogP contribution is -2.21. The molecule has 0 aliphatic heterocycles. The van der Waals surface area contributed by atoms with Crippen LogP contribution in [0.1, 0.15) is 26.2 Å². The number of hydrogen-bond donors (Lipinski definition) is 1. The smallest absolute Gasteiger partial charge is 0.0431 e. The zero-order valence-electron chi connectivity index (χ0n) is 8.59. The van der Waals surface area contributed by atoms with Gasteiger partial charge in [-0.25, -0.2) is 0 Å². The van der Waals surface area contributed by atoms with Crippen molar-refractivity contribution in [1.29, 1.82) is 0 Å². The van der Waals surface area contributed by atoms with Crippen molar-refractivity contribution in [3.8, 4) is 0 Å². The Morgan fingerprint density at radius 3 is 2.62 bits per heavy atom. The van der Waals surface area contributed by atoms with Crippen LogP contribution in [0, 0.1) is 0 Å². The van der Waals surface area contributed by atoms with Crippen LogP contribution < -0.4 is 0 Å². The summed E-state index contributed by atoms with van der Waals surface area (Å²) in [6.07, 6.45) is 3.16. The van der Waals surface area contributed by atoms with E-state index >= 15 is 0 Å². The van der Waals surface area contributed by atoms with Gasteiger partial charge in [-0.3, -0.25) is 0 Å². The first kappa shape index (κ1) is 12.9. The van der Waals surface area contributed by atoms with Gasteiger partial charge >= 0.3 is 0 Å². The molecule has 0 aromatic heterocycles. The Labute approximate surface area is 86.2 Å². The SMILES string of the molecule is CC(=CCl)CN(C)CCCCCO. The fourth-order valence-corrected chi connectivity index (χ4v) is 1.28. The van der Waals surface area contributed by atoms with Crippen LogP contribution in [0.25, 0.3) is 0 Å². The third kappa shape index (κ3) is 8.28. The normalized spacial score (nSPS) is 12.5. The second-order valence-electron chi connectivity index (χ2n) is 3.48. The van der Waals surface area contributed by atoms with E-state index in [1.165, 1.54) is 5.57 Å². The molecule has 2 nitrogen and oxygen atoms in total. The van der Waals surface area contributed by atoms with E-state index in [1.807, 2.05) is 6.92 Å². The van der Waals surface area contributed by atoms with Crippen LogP contribution >= 0.6 is 11.6 Å². The summed E-state index contributed by atoms with van der Waals surface area (Å²) in [7, 11) is 2.09. The third-order valence-corrected chi connectivity index (χ3v) is 2.28. The first-order chi connectivity index (χ1) is 6.20. The number of rotatable bonds is 7. The molecular weight excluding hydrogens is 186 g/mol. The molecule has 0 unspecified atom stereocenters. The molecule has 0 aliphatic rings. The molecule has 3 heteroatoms. The van der Waals surface area contributed by atoms with Crippen molar-refractivity contribution in [1.82, 2.24) is 4.90 Å². The molecule has 13 heavy (non-hydrogen) atoms. The Balaban J connectivity index is 3.35. The maximum atomic E-state index is 8.57. The van der Waals surface area contributed by atoms with Crippen molar-refractivity contribution in [2.24, 2.45) is 0 Å². The Bertz CT molecular complexity index is 148. The van der Waals surface area contributed by atoms with Gasteiger partial charge in [0, 0.05) is 18.7 Å². The van der Waals surface area contributed by atoms with Gasteiger partial charge in [-0.15, -0.1) is 0 Å². The zero-order chi connectivity index (χ0) is 10.1. The molecule has 0 amide bonds. The van der Waals surface area contributed by atoms with Crippen LogP contribution in [-0.2, 0) is 0 Å². The van der Waals surface area contributed by atoms with Crippen LogP contribution in [0.3, 0.4) is 0 Å². The van der Waals surface area contributed by atoms with Gasteiger partial charge in [0.25, 0.3) is 0 Å². The van der Waals surface area contributed by atoms with Crippen LogP contribution in [0.2, 0.25) is 0 Å². The minimum Gasteiger partial charge on any atom is -0.396 e. The highest BCUT2D eigenvalue weighted by atomic mass is 35.5. The van der Waals surface area contributed by atoms with E-state index in [2.05, 4.69) is 11.9 Å². The molecule has 0 aromatic carbocycles. The summed E-state index contributed by atoms with van der Waals surface area (Å²) < 4.78 is 0. The summed E-state index contributed by atoms with van der Waals surface area (Å²) in [5.74, 6) is 0. The van der Waals surface area contributed by atoms with E-state index in [9.17, 15) is 0 Å². The fourth-order valence-electron chi connectivity index (χ4n) is 1.21. The van der Waals surface area contributed by atoms with Crippen molar-refractivity contribution in [3.63, 3.8) is 0 Å². The Kier molecular flexibility index (Phi) is 8.51. The van der Waals surface area contributed by atoms with Crippen molar-refractivity contribution < 1.29 is 5.11 Å². The molecule has 0 atom stereocenters. The predicted octanol–water partition coefficient (Wildman–Crippen LogP) is 2.22. The lowest BCUT2D eigenvalue weighted by Gasteiger charge is -2.16. The number of halogens is 1. The fraction of sp³-hybridized carbons (Fsp3) is 0.800. The maximum Gasteiger partial charge on any atom is 0.0431 e. The lowest BCUT2D eigenvalue weighted by molar-refractivity contribution is 0.276. The number of aliphatic hydroxyl groups is 1. The molecule has 0 fully saturated rings. The Hall–Kier alpha value is -0.0500. The summed E-state index contributed by atoms with van der Waals surface area (Å²) in [5, 5.41) is 8.57. The monoisotopic (exact) mass is 205 g/mol. The van der Waals surface area contributed by atoms with Gasteiger partial charge in [-0.2, -0.15) is 0 Å². The van der Waals surface area contributed by atoms with Gasteiger partial charge in [0.05, 0.1) is 0 Å². The second-order valence-corrected chi connectivity index (χ2v) is 3.70. The van der Waals surface area contributed by atoms with Crippen LogP contribution in [0.15, 0.2) is 11.1 Å². The van der Waals surface area contributed by atoms with E-state index < -0.39 is 0 Å². The molecule has 78 valence electrons. The average molecular weight is 206 g/mol. The number of aliphatic hydroxyl groups excluding tert-OH is 1. The van der Waals surface area contributed by atoms with E-state index in [0.717, 1.165) is 32.4 Å². The summed E-state index contributed by atoms with van der Waals surface area (Å²) in [5.41, 5.74) is 2.82. The standard InChI is InChI=1S/C10H20ClNO/c1-10(8-11)9-12(2)6-4-3-5-7-13/h8,13H,3-7,9H2,1-2H3. The summed E-state index contributed by atoms with van der Waals surface area (Å²) >= 11 is 5.56. The molecule has 0 aliphatic carbocycles. The molecule has 0 aromatic rings. The largest absolute Gasteiger partial charge is 0.396 e. The van der Waals surface area contributed by atoms with Crippen molar-refractivity contribution in [3.05, 3.63) is 11.1 Å². The summed E-state index contributed by atoms with van der Waals surface area (Å²) in [4.78, 5) is 2.24. The molecule has 0 spiro atoms. The van der Waals surface area contributed by atoms with Crippen molar-refractivity contribution in [2.45, 2.75) is 26.2 Å². The maximum absolute atomic E-state index is 8.57. The van der Waals surface area contributed by atoms with Crippen LogP contribution in [0.4, 0.5) is 0 Å². The first-order valence-electron chi connectivity index (χ1n) is 4.76. The molecule has 0 bridgehead atoms. The second kappa shape index (κ2) is 8.54. The van der Waals surface area contributed by atoms with Crippen molar-refractivity contribution >= 4 is 11.6 Å². The van der Waals surface area contributed by atoms with Crippen molar-refractivity contribution in [2.75, 3.05) is 26.7 Å². The quantitative estimate of drug-likeness (QED) is 0.645. The molecule has 0 saturated heterocycles. The summed E-state index contributed by atoms with van der Waals surface area (Å²) in [6, 6.07) is 0. The molecule has 0 rings (SSSR count). The van der Waals surface area contributed by atoms with E-state index in [1.54, 1.807) is 5.54 Å². The molecule has 0 heterocycles. The first-order valence-corrected chi connectivity index (χ1v) is 5.19. The van der Waals surface area contributed by atoms with E-state index in [0.29, 0.717) is 6.61 Å². The van der Waals surface area contributed by atoms with Gasteiger partial charge in [-0.1, -0.05) is 11.6 Å². The average Bonchev–Trinajstić information content (AvgIpc) is 2.12. The molecule has 0 saturated carbocycles. The van der Waals surface area contributed by atoms with E-state index in [4.69, 9.17) is 16.7 Å². The number of likely N-dealkylation sites (N-methyl/N-ethyl adjacent to an activating group) is 1. The van der Waals surface area contributed by atoms with Gasteiger partial charge in [0.15, 0.2) is 0 Å². The van der Waals surface area contributed by atoms with Crippen LogP contribution in [-0.4, -0.2) is 36.8 Å². The van der Waals surface area contributed by atoms with Gasteiger partial charge in [0.1, 0.15) is 0 Å². The summed E-state index contributed by atoms with van der Waals surface area (Å²) in [6.45, 7) is 4.34. The number of unbranched alkanes of at least 4 members (excludes halogenated alkanes) is 2. The molecule has 0 radical (unpaired) electrons. The minimum absolute atomic E-state index is 0.310. The Morgan fingerprint density at radius 2 is 2.08 bits per heavy atom. The van der Waals surface area contributed by atoms with Gasteiger partial charge in [-0.05, 0) is 45.4 Å². The van der Waals surface area contributed by atoms with Gasteiger partial charge < -0.3 is 10.0 Å². The number of hydrogen-bond acceptors (Lipinski definition) is 2.